The molecule has 5 heteroatoms. The first-order valence-electron chi connectivity index (χ1n) is 7.09. The van der Waals surface area contributed by atoms with Crippen LogP contribution in [0.3, 0.4) is 0 Å². The van der Waals surface area contributed by atoms with E-state index in [-0.39, 0.29) is 6.09 Å². The van der Waals surface area contributed by atoms with Gasteiger partial charge >= 0.3 is 6.09 Å². The second kappa shape index (κ2) is 8.35. The number of rotatable bonds is 1. The molecule has 0 radical (unpaired) electrons. The number of piperazine rings is 1. The summed E-state index contributed by atoms with van der Waals surface area (Å²) in [5.74, 6) is 0. The lowest BCUT2D eigenvalue weighted by atomic mass is 10.2. The van der Waals surface area contributed by atoms with E-state index in [9.17, 15) is 4.79 Å². The van der Waals surface area contributed by atoms with Crippen molar-refractivity contribution in [2.45, 2.75) is 53.6 Å². The van der Waals surface area contributed by atoms with Crippen molar-refractivity contribution in [3.8, 4) is 0 Å². The molecule has 1 amide bonds. The van der Waals surface area contributed by atoms with Crippen LogP contribution in [0.2, 0.25) is 0 Å². The maximum atomic E-state index is 11.8. The van der Waals surface area contributed by atoms with Crippen molar-refractivity contribution in [3.05, 3.63) is 0 Å². The topological polar surface area (TPSA) is 32.8 Å². The van der Waals surface area contributed by atoms with Gasteiger partial charge < -0.3 is 14.5 Å². The predicted molar refractivity (Wildman–Crippen MR) is 83.6 cm³/mol. The molecule has 1 heterocycles. The Bertz CT molecular complexity index is 292. The summed E-state index contributed by atoms with van der Waals surface area (Å²) in [5.41, 5.74) is -0.424. The molecule has 112 valence electrons. The summed E-state index contributed by atoms with van der Waals surface area (Å²) in [6.45, 7) is 14.7. The van der Waals surface area contributed by atoms with Gasteiger partial charge in [-0.25, -0.2) is 4.79 Å². The highest BCUT2D eigenvalue weighted by Gasteiger charge is 2.26. The van der Waals surface area contributed by atoms with E-state index in [0.29, 0.717) is 13.1 Å². The molecule has 1 saturated heterocycles. The quantitative estimate of drug-likeness (QED) is 0.693. The van der Waals surface area contributed by atoms with Crippen molar-refractivity contribution in [1.29, 1.82) is 0 Å². The Morgan fingerprint density at radius 1 is 1.11 bits per heavy atom. The number of hydrogen-bond donors (Lipinski definition) is 0. The van der Waals surface area contributed by atoms with Crippen LogP contribution in [0.25, 0.3) is 0 Å². The predicted octanol–water partition coefficient (Wildman–Crippen LogP) is 3.30. The zero-order valence-corrected chi connectivity index (χ0v) is 14.0. The van der Waals surface area contributed by atoms with Crippen LogP contribution in [0.1, 0.15) is 48.0 Å². The van der Waals surface area contributed by atoms with Crippen molar-refractivity contribution in [3.63, 3.8) is 0 Å². The van der Waals surface area contributed by atoms with Gasteiger partial charge in [-0.1, -0.05) is 33.0 Å². The van der Waals surface area contributed by atoms with Crippen molar-refractivity contribution in [2.75, 3.05) is 26.2 Å². The van der Waals surface area contributed by atoms with Crippen LogP contribution < -0.4 is 0 Å². The Labute approximate surface area is 123 Å². The highest BCUT2D eigenvalue weighted by Crippen LogP contribution is 2.12. The molecule has 0 aromatic rings. The van der Waals surface area contributed by atoms with Crippen LogP contribution in [0.15, 0.2) is 0 Å². The number of hydrogen-bond acceptors (Lipinski definition) is 3. The van der Waals surface area contributed by atoms with Gasteiger partial charge in [0, 0.05) is 26.2 Å². The van der Waals surface area contributed by atoms with E-state index >= 15 is 0 Å². The molecule has 0 aliphatic carbocycles. The molecule has 0 N–H and O–H groups in total. The van der Waals surface area contributed by atoms with E-state index in [1.54, 1.807) is 4.90 Å². The molecule has 0 atom stereocenters. The number of ether oxygens (including phenoxy) is 1. The zero-order valence-electron chi connectivity index (χ0n) is 13.2. The molecule has 0 unspecified atom stereocenters. The third-order valence-electron chi connectivity index (χ3n) is 2.59. The van der Waals surface area contributed by atoms with Crippen LogP contribution >= 0.6 is 12.2 Å². The van der Waals surface area contributed by atoms with Crippen LogP contribution in [-0.4, -0.2) is 52.7 Å². The third-order valence-corrected chi connectivity index (χ3v) is 3.13. The third kappa shape index (κ3) is 6.76. The van der Waals surface area contributed by atoms with Crippen molar-refractivity contribution >= 4 is 23.3 Å². The fraction of sp³-hybridized carbons (Fsp3) is 0.857. The lowest BCUT2D eigenvalue weighted by Gasteiger charge is -2.36. The number of carbonyl (C=O) groups excluding carboxylic acids is 1. The Hall–Kier alpha value is -0.840. The minimum Gasteiger partial charge on any atom is -0.444 e. The van der Waals surface area contributed by atoms with E-state index in [0.717, 1.165) is 24.5 Å². The first kappa shape index (κ1) is 18.2. The van der Waals surface area contributed by atoms with Gasteiger partial charge in [-0.3, -0.25) is 0 Å². The summed E-state index contributed by atoms with van der Waals surface area (Å²) in [6.07, 6.45) is 0.668. The Kier molecular flexibility index (Phi) is 7.99. The molecule has 4 nitrogen and oxygen atoms in total. The zero-order chi connectivity index (χ0) is 15.1. The van der Waals surface area contributed by atoms with E-state index in [4.69, 9.17) is 17.0 Å². The SMILES string of the molecule is CC.CCC(=S)N1CCN(C(=O)OC(C)(C)C)CC1. The molecule has 0 spiro atoms. The average Bonchev–Trinajstić information content (AvgIpc) is 2.38. The van der Waals surface area contributed by atoms with Gasteiger partial charge in [0.2, 0.25) is 0 Å². The van der Waals surface area contributed by atoms with Gasteiger partial charge in [-0.05, 0) is 27.2 Å². The largest absolute Gasteiger partial charge is 0.444 e. The Balaban J connectivity index is 0.00000154. The smallest absolute Gasteiger partial charge is 0.410 e. The van der Waals surface area contributed by atoms with Crippen molar-refractivity contribution in [1.82, 2.24) is 9.80 Å². The minimum atomic E-state index is -0.424. The maximum absolute atomic E-state index is 11.8. The summed E-state index contributed by atoms with van der Waals surface area (Å²) < 4.78 is 5.33. The highest BCUT2D eigenvalue weighted by atomic mass is 32.1. The van der Waals surface area contributed by atoms with Crippen molar-refractivity contribution < 1.29 is 9.53 Å². The molecule has 1 aliphatic heterocycles. The van der Waals surface area contributed by atoms with Gasteiger partial charge in [-0.15, -0.1) is 0 Å². The van der Waals surface area contributed by atoms with Gasteiger partial charge in [0.1, 0.15) is 5.60 Å². The number of nitrogens with zero attached hydrogens (tertiary/aromatic N) is 2. The molecule has 1 aliphatic rings. The minimum absolute atomic E-state index is 0.223. The standard InChI is InChI=1S/C12H22N2O2S.C2H6/c1-5-10(17)13-6-8-14(9-7-13)11(15)16-12(2,3)4;1-2/h5-9H2,1-4H3;1-2H3. The van der Waals surface area contributed by atoms with E-state index in [1.807, 2.05) is 34.6 Å². The van der Waals surface area contributed by atoms with Crippen molar-refractivity contribution in [2.24, 2.45) is 0 Å². The second-order valence-corrected chi connectivity index (χ2v) is 5.67. The summed E-state index contributed by atoms with van der Waals surface area (Å²) in [5, 5.41) is 0. The van der Waals surface area contributed by atoms with Crippen LogP contribution in [-0.2, 0) is 4.74 Å². The molecule has 0 aromatic carbocycles. The normalized spacial score (nSPS) is 15.5. The fourth-order valence-electron chi connectivity index (χ4n) is 1.69. The maximum Gasteiger partial charge on any atom is 0.410 e. The summed E-state index contributed by atoms with van der Waals surface area (Å²) in [4.78, 5) is 16.7. The number of amides is 1. The summed E-state index contributed by atoms with van der Waals surface area (Å²) >= 11 is 5.26. The Morgan fingerprint density at radius 2 is 1.53 bits per heavy atom. The highest BCUT2D eigenvalue weighted by molar-refractivity contribution is 7.80. The molecular weight excluding hydrogens is 260 g/mol. The Morgan fingerprint density at radius 3 is 1.89 bits per heavy atom. The average molecular weight is 288 g/mol. The molecule has 0 saturated carbocycles. The van der Waals surface area contributed by atoms with Gasteiger partial charge in [0.05, 0.1) is 4.99 Å². The summed E-state index contributed by atoms with van der Waals surface area (Å²) in [7, 11) is 0. The lowest BCUT2D eigenvalue weighted by Crippen LogP contribution is -2.51. The molecule has 19 heavy (non-hydrogen) atoms. The van der Waals surface area contributed by atoms with Gasteiger partial charge in [0.25, 0.3) is 0 Å². The number of thiocarbonyl (C=S) groups is 1. The molecule has 0 aromatic heterocycles. The second-order valence-electron chi connectivity index (χ2n) is 5.20. The van der Waals surface area contributed by atoms with Gasteiger partial charge in [0.15, 0.2) is 0 Å². The monoisotopic (exact) mass is 288 g/mol. The van der Waals surface area contributed by atoms with Crippen LogP contribution in [0, 0.1) is 0 Å². The first-order chi connectivity index (χ1) is 8.83. The number of carbonyl (C=O) groups is 1. The molecular formula is C14H28N2O2S. The van der Waals surface area contributed by atoms with Crippen LogP contribution in [0.4, 0.5) is 4.79 Å². The van der Waals surface area contributed by atoms with E-state index in [1.165, 1.54) is 0 Å². The molecule has 1 fully saturated rings. The lowest BCUT2D eigenvalue weighted by molar-refractivity contribution is 0.0187. The first-order valence-corrected chi connectivity index (χ1v) is 7.50. The van der Waals surface area contributed by atoms with E-state index < -0.39 is 5.60 Å². The van der Waals surface area contributed by atoms with Crippen LogP contribution in [0.5, 0.6) is 0 Å². The molecule has 1 rings (SSSR count). The molecule has 0 bridgehead atoms. The summed E-state index contributed by atoms with van der Waals surface area (Å²) in [6, 6.07) is 0. The van der Waals surface area contributed by atoms with E-state index in [2.05, 4.69) is 11.8 Å². The fourth-order valence-corrected chi connectivity index (χ4v) is 1.87. The van der Waals surface area contributed by atoms with Gasteiger partial charge in [-0.2, -0.15) is 0 Å².